The van der Waals surface area contributed by atoms with Crippen molar-refractivity contribution in [2.24, 2.45) is 0 Å². The van der Waals surface area contributed by atoms with Crippen LogP contribution in [0, 0.1) is 5.82 Å². The van der Waals surface area contributed by atoms with Gasteiger partial charge in [0.25, 0.3) is 0 Å². The normalized spacial score (nSPS) is 23.2. The van der Waals surface area contributed by atoms with Crippen molar-refractivity contribution in [3.63, 3.8) is 0 Å². The Bertz CT molecular complexity index is 438. The third-order valence-corrected chi connectivity index (χ3v) is 3.89. The van der Waals surface area contributed by atoms with Gasteiger partial charge in [0.15, 0.2) is 11.6 Å². The quantitative estimate of drug-likeness (QED) is 0.872. The summed E-state index contributed by atoms with van der Waals surface area (Å²) in [4.78, 5) is 2.38. The first-order valence-corrected chi connectivity index (χ1v) is 7.55. The molecule has 1 fully saturated rings. The van der Waals surface area contributed by atoms with Gasteiger partial charge in [0.2, 0.25) is 0 Å². The van der Waals surface area contributed by atoms with Crippen LogP contribution in [0.15, 0.2) is 18.2 Å². The SMILES string of the molecule is CCCN1CCOC(CNC)C1c1ccc(OC)c(F)c1. The van der Waals surface area contributed by atoms with E-state index in [0.29, 0.717) is 0 Å². The van der Waals surface area contributed by atoms with Gasteiger partial charge in [-0.3, -0.25) is 4.90 Å². The summed E-state index contributed by atoms with van der Waals surface area (Å²) >= 11 is 0. The molecule has 4 nitrogen and oxygen atoms in total. The van der Waals surface area contributed by atoms with Gasteiger partial charge >= 0.3 is 0 Å². The maximum atomic E-state index is 14.0. The van der Waals surface area contributed by atoms with E-state index in [2.05, 4.69) is 17.1 Å². The molecule has 1 aromatic rings. The van der Waals surface area contributed by atoms with Gasteiger partial charge in [-0.1, -0.05) is 13.0 Å². The number of ether oxygens (including phenoxy) is 2. The first-order valence-electron chi connectivity index (χ1n) is 7.55. The Labute approximate surface area is 126 Å². The molecule has 2 unspecified atom stereocenters. The molecule has 0 spiro atoms. The summed E-state index contributed by atoms with van der Waals surface area (Å²) in [5.74, 6) is -0.0390. The van der Waals surface area contributed by atoms with Gasteiger partial charge in [-0.25, -0.2) is 4.39 Å². The number of nitrogens with zero attached hydrogens (tertiary/aromatic N) is 1. The number of hydrogen-bond donors (Lipinski definition) is 1. The molecule has 0 saturated carbocycles. The molecular weight excluding hydrogens is 271 g/mol. The molecule has 1 aliphatic rings. The lowest BCUT2D eigenvalue weighted by atomic mass is 9.97. The highest BCUT2D eigenvalue weighted by Crippen LogP contribution is 2.31. The van der Waals surface area contributed by atoms with E-state index in [4.69, 9.17) is 9.47 Å². The maximum absolute atomic E-state index is 14.0. The highest BCUT2D eigenvalue weighted by atomic mass is 19.1. The fourth-order valence-electron chi connectivity index (χ4n) is 2.99. The van der Waals surface area contributed by atoms with Crippen LogP contribution in [0.1, 0.15) is 24.9 Å². The maximum Gasteiger partial charge on any atom is 0.165 e. The molecule has 1 heterocycles. The van der Waals surface area contributed by atoms with Crippen molar-refractivity contribution in [2.45, 2.75) is 25.5 Å². The van der Waals surface area contributed by atoms with Crippen LogP contribution in [-0.2, 0) is 4.74 Å². The van der Waals surface area contributed by atoms with E-state index in [9.17, 15) is 4.39 Å². The summed E-state index contributed by atoms with van der Waals surface area (Å²) in [6, 6.07) is 5.28. The van der Waals surface area contributed by atoms with E-state index in [1.54, 1.807) is 12.1 Å². The first kappa shape index (κ1) is 16.2. The standard InChI is InChI=1S/C16H25FN2O2/c1-4-7-19-8-9-21-15(11-18-2)16(19)12-5-6-14(20-3)13(17)10-12/h5-6,10,15-16,18H,4,7-9,11H2,1-3H3. The Morgan fingerprint density at radius 3 is 2.90 bits per heavy atom. The first-order chi connectivity index (χ1) is 10.2. The van der Waals surface area contributed by atoms with E-state index < -0.39 is 0 Å². The van der Waals surface area contributed by atoms with Crippen molar-refractivity contribution in [1.82, 2.24) is 10.2 Å². The zero-order valence-corrected chi connectivity index (χ0v) is 13.1. The van der Waals surface area contributed by atoms with E-state index >= 15 is 0 Å². The van der Waals surface area contributed by atoms with Crippen molar-refractivity contribution < 1.29 is 13.9 Å². The molecule has 1 aromatic carbocycles. The Morgan fingerprint density at radius 1 is 1.48 bits per heavy atom. The van der Waals surface area contributed by atoms with Crippen LogP contribution in [0.3, 0.4) is 0 Å². The van der Waals surface area contributed by atoms with Gasteiger partial charge in [0.05, 0.1) is 25.9 Å². The average Bonchev–Trinajstić information content (AvgIpc) is 2.48. The molecule has 0 amide bonds. The van der Waals surface area contributed by atoms with Crippen molar-refractivity contribution in [2.75, 3.05) is 40.4 Å². The third-order valence-electron chi connectivity index (χ3n) is 3.89. The predicted octanol–water partition coefficient (Wildman–Crippen LogP) is 2.21. The zero-order valence-electron chi connectivity index (χ0n) is 13.1. The minimum atomic E-state index is -0.319. The van der Waals surface area contributed by atoms with Crippen LogP contribution in [-0.4, -0.2) is 51.4 Å². The second kappa shape index (κ2) is 7.73. The fraction of sp³-hybridized carbons (Fsp3) is 0.625. The van der Waals surface area contributed by atoms with Gasteiger partial charge < -0.3 is 14.8 Å². The summed E-state index contributed by atoms with van der Waals surface area (Å²) in [5.41, 5.74) is 0.946. The van der Waals surface area contributed by atoms with Gasteiger partial charge in [0.1, 0.15) is 0 Å². The van der Waals surface area contributed by atoms with E-state index in [1.165, 1.54) is 7.11 Å². The highest BCUT2D eigenvalue weighted by Gasteiger charge is 2.33. The topological polar surface area (TPSA) is 33.7 Å². The average molecular weight is 296 g/mol. The largest absolute Gasteiger partial charge is 0.494 e. The molecule has 118 valence electrons. The lowest BCUT2D eigenvalue weighted by Crippen LogP contribution is -2.48. The number of hydrogen-bond acceptors (Lipinski definition) is 4. The summed E-state index contributed by atoms with van der Waals surface area (Å²) < 4.78 is 24.9. The summed E-state index contributed by atoms with van der Waals surface area (Å²) in [7, 11) is 3.39. The van der Waals surface area contributed by atoms with Crippen LogP contribution in [0.2, 0.25) is 0 Å². The number of halogens is 1. The molecule has 2 rings (SSSR count). The minimum Gasteiger partial charge on any atom is -0.494 e. The van der Waals surface area contributed by atoms with Gasteiger partial charge in [0, 0.05) is 13.1 Å². The number of morpholine rings is 1. The third kappa shape index (κ3) is 3.73. The van der Waals surface area contributed by atoms with Crippen LogP contribution in [0.25, 0.3) is 0 Å². The second-order valence-corrected chi connectivity index (χ2v) is 5.34. The molecule has 5 heteroatoms. The van der Waals surface area contributed by atoms with Gasteiger partial charge in [-0.05, 0) is 37.7 Å². The fourth-order valence-corrected chi connectivity index (χ4v) is 2.99. The lowest BCUT2D eigenvalue weighted by molar-refractivity contribution is -0.0705. The molecule has 0 aromatic heterocycles. The number of benzene rings is 1. The molecule has 21 heavy (non-hydrogen) atoms. The minimum absolute atomic E-state index is 0.0306. The zero-order chi connectivity index (χ0) is 15.2. The monoisotopic (exact) mass is 296 g/mol. The van der Waals surface area contributed by atoms with Crippen LogP contribution >= 0.6 is 0 Å². The molecule has 1 aliphatic heterocycles. The molecule has 2 atom stereocenters. The van der Waals surface area contributed by atoms with E-state index in [-0.39, 0.29) is 23.7 Å². The number of nitrogens with one attached hydrogen (secondary N) is 1. The second-order valence-electron chi connectivity index (χ2n) is 5.34. The van der Waals surface area contributed by atoms with Crippen molar-refractivity contribution in [3.8, 4) is 5.75 Å². The Balaban J connectivity index is 2.30. The Morgan fingerprint density at radius 2 is 2.29 bits per heavy atom. The summed E-state index contributed by atoms with van der Waals surface area (Å²) in [5, 5.41) is 3.17. The summed E-state index contributed by atoms with van der Waals surface area (Å²) in [6.45, 7) is 5.50. The smallest absolute Gasteiger partial charge is 0.165 e. The highest BCUT2D eigenvalue weighted by molar-refractivity contribution is 5.32. The van der Waals surface area contributed by atoms with E-state index in [0.717, 1.165) is 38.2 Å². The van der Waals surface area contributed by atoms with Crippen LogP contribution < -0.4 is 10.1 Å². The molecule has 0 radical (unpaired) electrons. The van der Waals surface area contributed by atoms with Crippen molar-refractivity contribution in [3.05, 3.63) is 29.6 Å². The Kier molecular flexibility index (Phi) is 5.96. The molecule has 1 N–H and O–H groups in total. The number of likely N-dealkylation sites (N-methyl/N-ethyl adjacent to an activating group) is 1. The Hall–Kier alpha value is -1.17. The number of rotatable bonds is 6. The van der Waals surface area contributed by atoms with Gasteiger partial charge in [-0.2, -0.15) is 0 Å². The van der Waals surface area contributed by atoms with Crippen LogP contribution in [0.4, 0.5) is 4.39 Å². The van der Waals surface area contributed by atoms with Gasteiger partial charge in [-0.15, -0.1) is 0 Å². The van der Waals surface area contributed by atoms with Crippen LogP contribution in [0.5, 0.6) is 5.75 Å². The molecule has 0 bridgehead atoms. The molecule has 0 aliphatic carbocycles. The van der Waals surface area contributed by atoms with Crippen molar-refractivity contribution >= 4 is 0 Å². The molecular formula is C16H25FN2O2. The summed E-state index contributed by atoms with van der Waals surface area (Å²) in [6.07, 6.45) is 1.10. The lowest BCUT2D eigenvalue weighted by Gasteiger charge is -2.41. The van der Waals surface area contributed by atoms with Crippen molar-refractivity contribution in [1.29, 1.82) is 0 Å². The van der Waals surface area contributed by atoms with E-state index in [1.807, 2.05) is 13.1 Å². The number of methoxy groups -OCH3 is 1. The predicted molar refractivity (Wildman–Crippen MR) is 81.2 cm³/mol. The molecule has 1 saturated heterocycles.